The monoisotopic (exact) mass is 316 g/mol. The molecule has 2 fully saturated rings. The molecule has 0 aromatic carbocycles. The van der Waals surface area contributed by atoms with Crippen molar-refractivity contribution < 1.29 is 13.2 Å². The predicted molar refractivity (Wildman–Crippen MR) is 83.9 cm³/mol. The minimum Gasteiger partial charge on any atom is -0.338 e. The molecule has 2 heterocycles. The fourth-order valence-corrected chi connectivity index (χ4v) is 5.21. The molecule has 0 aliphatic carbocycles. The van der Waals surface area contributed by atoms with Gasteiger partial charge in [-0.25, -0.2) is 8.42 Å². The summed E-state index contributed by atoms with van der Waals surface area (Å²) in [4.78, 5) is 15.0. The normalized spacial score (nSPS) is 31.4. The third kappa shape index (κ3) is 3.59. The first-order valence-electron chi connectivity index (χ1n) is 8.16. The first kappa shape index (κ1) is 16.7. The van der Waals surface area contributed by atoms with Crippen LogP contribution in [0.3, 0.4) is 0 Å². The Kier molecular flexibility index (Phi) is 5.30. The molecule has 0 saturated carbocycles. The van der Waals surface area contributed by atoms with Crippen molar-refractivity contribution >= 4 is 15.7 Å². The molecule has 0 radical (unpaired) electrons. The zero-order valence-corrected chi connectivity index (χ0v) is 14.0. The van der Waals surface area contributed by atoms with E-state index in [0.29, 0.717) is 13.0 Å². The lowest BCUT2D eigenvalue weighted by atomic mass is 9.82. The van der Waals surface area contributed by atoms with Gasteiger partial charge in [0.1, 0.15) is 0 Å². The van der Waals surface area contributed by atoms with Crippen LogP contribution in [-0.4, -0.2) is 56.4 Å². The highest BCUT2D eigenvalue weighted by molar-refractivity contribution is 7.91. The lowest BCUT2D eigenvalue weighted by molar-refractivity contribution is -0.143. The summed E-state index contributed by atoms with van der Waals surface area (Å²) in [6.07, 6.45) is 4.24. The van der Waals surface area contributed by atoms with Crippen LogP contribution in [0.2, 0.25) is 0 Å². The van der Waals surface area contributed by atoms with Gasteiger partial charge >= 0.3 is 0 Å². The standard InChI is InChI=1S/C15H28N2O3S/c1-3-5-9-17(13-6-10-21(19,20)11-13)14(18)15(4-2)7-8-16-12-15/h13,16H,3-12H2,1-2H3. The molecule has 0 spiro atoms. The molecule has 2 aliphatic heterocycles. The summed E-state index contributed by atoms with van der Waals surface area (Å²) < 4.78 is 23.5. The van der Waals surface area contributed by atoms with Crippen molar-refractivity contribution in [2.45, 2.75) is 52.0 Å². The molecule has 0 aromatic rings. The van der Waals surface area contributed by atoms with Gasteiger partial charge in [-0.3, -0.25) is 4.79 Å². The third-order valence-corrected chi connectivity index (χ3v) is 6.79. The molecular formula is C15H28N2O3S. The molecule has 5 nitrogen and oxygen atoms in total. The highest BCUT2D eigenvalue weighted by atomic mass is 32.2. The number of unbranched alkanes of at least 4 members (excludes halogenated alkanes) is 1. The average molecular weight is 316 g/mol. The number of carbonyl (C=O) groups is 1. The summed E-state index contributed by atoms with van der Waals surface area (Å²) in [5, 5.41) is 3.30. The van der Waals surface area contributed by atoms with Crippen LogP contribution >= 0.6 is 0 Å². The first-order valence-corrected chi connectivity index (χ1v) is 9.98. The van der Waals surface area contributed by atoms with Crippen LogP contribution in [0.5, 0.6) is 0 Å². The lowest BCUT2D eigenvalue weighted by Crippen LogP contribution is -2.50. The van der Waals surface area contributed by atoms with Crippen LogP contribution in [0.1, 0.15) is 46.0 Å². The van der Waals surface area contributed by atoms with E-state index in [1.165, 1.54) is 0 Å². The topological polar surface area (TPSA) is 66.5 Å². The molecule has 2 aliphatic rings. The summed E-state index contributed by atoms with van der Waals surface area (Å²) in [5.74, 6) is 0.547. The third-order valence-electron chi connectivity index (χ3n) is 5.04. The molecule has 2 saturated heterocycles. The Hall–Kier alpha value is -0.620. The number of carbonyl (C=O) groups excluding carboxylic acids is 1. The average Bonchev–Trinajstić information content (AvgIpc) is 3.06. The summed E-state index contributed by atoms with van der Waals surface area (Å²) in [6.45, 7) is 6.46. The van der Waals surface area contributed by atoms with Gasteiger partial charge in [0.2, 0.25) is 5.91 Å². The van der Waals surface area contributed by atoms with Crippen molar-refractivity contribution in [1.82, 2.24) is 10.2 Å². The van der Waals surface area contributed by atoms with Crippen LogP contribution in [0.15, 0.2) is 0 Å². The zero-order valence-electron chi connectivity index (χ0n) is 13.2. The van der Waals surface area contributed by atoms with E-state index in [2.05, 4.69) is 19.2 Å². The van der Waals surface area contributed by atoms with Crippen molar-refractivity contribution in [2.75, 3.05) is 31.1 Å². The van der Waals surface area contributed by atoms with E-state index in [1.807, 2.05) is 4.90 Å². The molecular weight excluding hydrogens is 288 g/mol. The predicted octanol–water partition coefficient (Wildman–Crippen LogP) is 1.19. The van der Waals surface area contributed by atoms with Crippen molar-refractivity contribution in [1.29, 1.82) is 0 Å². The Labute approximate surface area is 128 Å². The Morgan fingerprint density at radius 2 is 2.14 bits per heavy atom. The zero-order chi connectivity index (χ0) is 15.5. The summed E-state index contributed by atoms with van der Waals surface area (Å²) in [5.41, 5.74) is -0.319. The van der Waals surface area contributed by atoms with Crippen LogP contribution in [0.25, 0.3) is 0 Å². The molecule has 2 rings (SSSR count). The number of nitrogens with zero attached hydrogens (tertiary/aromatic N) is 1. The van der Waals surface area contributed by atoms with Crippen LogP contribution in [-0.2, 0) is 14.6 Å². The van der Waals surface area contributed by atoms with E-state index in [-0.39, 0.29) is 28.9 Å². The first-order chi connectivity index (χ1) is 9.94. The highest BCUT2D eigenvalue weighted by Crippen LogP contribution is 2.34. The van der Waals surface area contributed by atoms with Crippen molar-refractivity contribution in [3.05, 3.63) is 0 Å². The van der Waals surface area contributed by atoms with Crippen LogP contribution in [0.4, 0.5) is 0 Å². The van der Waals surface area contributed by atoms with E-state index < -0.39 is 9.84 Å². The number of sulfone groups is 1. The molecule has 0 aromatic heterocycles. The maximum absolute atomic E-state index is 13.1. The van der Waals surface area contributed by atoms with Gasteiger partial charge in [-0.2, -0.15) is 0 Å². The molecule has 1 amide bonds. The number of nitrogens with one attached hydrogen (secondary N) is 1. The van der Waals surface area contributed by atoms with E-state index in [9.17, 15) is 13.2 Å². The van der Waals surface area contributed by atoms with Crippen LogP contribution < -0.4 is 5.32 Å². The molecule has 6 heteroatoms. The second-order valence-electron chi connectivity index (χ2n) is 6.47. The van der Waals surface area contributed by atoms with Crippen molar-refractivity contribution in [3.8, 4) is 0 Å². The molecule has 2 unspecified atom stereocenters. The molecule has 21 heavy (non-hydrogen) atoms. The van der Waals surface area contributed by atoms with Crippen LogP contribution in [0, 0.1) is 5.41 Å². The van der Waals surface area contributed by atoms with Gasteiger partial charge in [0.05, 0.1) is 16.9 Å². The highest BCUT2D eigenvalue weighted by Gasteiger charge is 2.45. The van der Waals surface area contributed by atoms with Gasteiger partial charge in [0, 0.05) is 19.1 Å². The van der Waals surface area contributed by atoms with E-state index >= 15 is 0 Å². The molecule has 0 bridgehead atoms. The molecule has 122 valence electrons. The second-order valence-corrected chi connectivity index (χ2v) is 8.70. The largest absolute Gasteiger partial charge is 0.338 e. The van der Waals surface area contributed by atoms with Gasteiger partial charge in [-0.15, -0.1) is 0 Å². The Balaban J connectivity index is 2.17. The fourth-order valence-electron chi connectivity index (χ4n) is 3.48. The second kappa shape index (κ2) is 6.65. The van der Waals surface area contributed by atoms with Gasteiger partial charge < -0.3 is 10.2 Å². The van der Waals surface area contributed by atoms with Gasteiger partial charge in [-0.1, -0.05) is 20.3 Å². The summed E-state index contributed by atoms with van der Waals surface area (Å²) >= 11 is 0. The van der Waals surface area contributed by atoms with Gasteiger partial charge in [-0.05, 0) is 32.2 Å². The van der Waals surface area contributed by atoms with Gasteiger partial charge in [0.25, 0.3) is 0 Å². The van der Waals surface area contributed by atoms with E-state index in [4.69, 9.17) is 0 Å². The number of amides is 1. The number of hydrogen-bond acceptors (Lipinski definition) is 4. The SMILES string of the molecule is CCCCN(C(=O)C1(CC)CCNC1)C1CCS(=O)(=O)C1. The summed E-state index contributed by atoms with van der Waals surface area (Å²) in [6, 6.07) is -0.113. The lowest BCUT2D eigenvalue weighted by Gasteiger charge is -2.36. The van der Waals surface area contributed by atoms with Crippen molar-refractivity contribution in [3.63, 3.8) is 0 Å². The maximum Gasteiger partial charge on any atom is 0.230 e. The smallest absolute Gasteiger partial charge is 0.230 e. The fraction of sp³-hybridized carbons (Fsp3) is 0.933. The quantitative estimate of drug-likeness (QED) is 0.799. The summed E-state index contributed by atoms with van der Waals surface area (Å²) in [7, 11) is -2.96. The minimum absolute atomic E-state index is 0.113. The van der Waals surface area contributed by atoms with E-state index in [1.54, 1.807) is 0 Å². The van der Waals surface area contributed by atoms with Gasteiger partial charge in [0.15, 0.2) is 9.84 Å². The maximum atomic E-state index is 13.1. The number of rotatable bonds is 6. The molecule has 1 N–H and O–H groups in total. The number of hydrogen-bond donors (Lipinski definition) is 1. The van der Waals surface area contributed by atoms with E-state index in [0.717, 1.165) is 38.8 Å². The Morgan fingerprint density at radius 1 is 1.38 bits per heavy atom. The Bertz CT molecular complexity index is 469. The van der Waals surface area contributed by atoms with Crippen molar-refractivity contribution in [2.24, 2.45) is 5.41 Å². The minimum atomic E-state index is -2.96. The molecule has 2 atom stereocenters. The Morgan fingerprint density at radius 3 is 2.62 bits per heavy atom.